The van der Waals surface area contributed by atoms with E-state index in [4.69, 9.17) is 4.74 Å². The van der Waals surface area contributed by atoms with Crippen molar-refractivity contribution < 1.29 is 24.2 Å². The van der Waals surface area contributed by atoms with Crippen LogP contribution >= 0.6 is 0 Å². The van der Waals surface area contributed by atoms with Crippen LogP contribution in [-0.4, -0.2) is 64.7 Å². The molecule has 3 fully saturated rings. The fourth-order valence-electron chi connectivity index (χ4n) is 6.87. The summed E-state index contributed by atoms with van der Waals surface area (Å²) in [6.45, 7) is 5.56. The van der Waals surface area contributed by atoms with Crippen LogP contribution in [0.15, 0.2) is 42.5 Å². The fraction of sp³-hybridized carbons (Fsp3) is 0.536. The minimum Gasteiger partial charge on any atom is -0.394 e. The highest BCUT2D eigenvalue weighted by Crippen LogP contribution is 2.63. The molecule has 3 heterocycles. The van der Waals surface area contributed by atoms with Crippen LogP contribution in [0.5, 0.6) is 0 Å². The molecule has 3 aliphatic heterocycles. The average Bonchev–Trinajstić information content (AvgIpc) is 3.44. The van der Waals surface area contributed by atoms with Crippen LogP contribution in [0, 0.1) is 17.8 Å². The molecule has 1 spiro atoms. The van der Waals surface area contributed by atoms with E-state index in [0.717, 1.165) is 17.2 Å². The Morgan fingerprint density at radius 1 is 1.17 bits per heavy atom. The van der Waals surface area contributed by atoms with Crippen LogP contribution in [0.3, 0.4) is 0 Å². The van der Waals surface area contributed by atoms with Gasteiger partial charge in [-0.15, -0.1) is 0 Å². The second kappa shape index (κ2) is 8.85. The molecular formula is C28H35N3O5. The zero-order valence-electron chi connectivity index (χ0n) is 21.3. The lowest BCUT2D eigenvalue weighted by Gasteiger charge is -2.39. The van der Waals surface area contributed by atoms with Gasteiger partial charge in [0, 0.05) is 12.7 Å². The lowest BCUT2D eigenvalue weighted by molar-refractivity contribution is -0.149. The highest BCUT2D eigenvalue weighted by molar-refractivity contribution is 6.04. The number of rotatable bonds is 7. The quantitative estimate of drug-likeness (QED) is 0.550. The lowest BCUT2D eigenvalue weighted by Crippen LogP contribution is -2.57. The predicted octanol–water partition coefficient (Wildman–Crippen LogP) is 2.70. The third-order valence-corrected chi connectivity index (χ3v) is 8.85. The van der Waals surface area contributed by atoms with Crippen molar-refractivity contribution in [3.63, 3.8) is 0 Å². The summed E-state index contributed by atoms with van der Waals surface area (Å²) in [7, 11) is 1.56. The maximum atomic E-state index is 14.1. The second-order valence-corrected chi connectivity index (χ2v) is 10.8. The molecule has 7 atom stereocenters. The van der Waals surface area contributed by atoms with Gasteiger partial charge in [0.25, 0.3) is 0 Å². The van der Waals surface area contributed by atoms with E-state index in [0.29, 0.717) is 18.5 Å². The Morgan fingerprint density at radius 3 is 2.56 bits per heavy atom. The van der Waals surface area contributed by atoms with Crippen molar-refractivity contribution in [2.45, 2.75) is 63.3 Å². The van der Waals surface area contributed by atoms with Gasteiger partial charge in [-0.05, 0) is 48.6 Å². The van der Waals surface area contributed by atoms with Gasteiger partial charge in [0.2, 0.25) is 17.7 Å². The molecule has 3 saturated heterocycles. The van der Waals surface area contributed by atoms with Crippen LogP contribution in [0.2, 0.25) is 0 Å². The molecule has 2 unspecified atom stereocenters. The van der Waals surface area contributed by atoms with Crippen LogP contribution in [0.1, 0.15) is 40.0 Å². The number of nitrogens with zero attached hydrogens (tertiary/aromatic N) is 1. The number of hydrogen-bond donors (Lipinski definition) is 3. The van der Waals surface area contributed by atoms with Gasteiger partial charge in [-0.1, -0.05) is 50.6 Å². The molecule has 8 nitrogen and oxygen atoms in total. The molecule has 8 heteroatoms. The van der Waals surface area contributed by atoms with Crippen LogP contribution in [0.25, 0.3) is 10.8 Å². The summed E-state index contributed by atoms with van der Waals surface area (Å²) >= 11 is 0. The van der Waals surface area contributed by atoms with Crippen molar-refractivity contribution in [3.05, 3.63) is 42.5 Å². The molecule has 2 bridgehead atoms. The number of aliphatic hydroxyl groups is 1. The van der Waals surface area contributed by atoms with E-state index in [1.54, 1.807) is 7.05 Å². The average molecular weight is 494 g/mol. The standard InChI is InChI=1S/C28H35N3O5/c1-5-16(2)20(15-32)31-23(25(34)30-19-11-10-17-8-6-7-9-18(17)14-19)28-13-12-27(3,36-28)21(24(33)29-4)22(28)26(31)35/h6-11,14,16,20-23,32H,5,12-13,15H2,1-4H3,(H,29,33)(H,30,34)/t16-,20-,21-,22-,23?,27+,28?/m0/s1. The van der Waals surface area contributed by atoms with Crippen molar-refractivity contribution in [2.24, 2.45) is 17.8 Å². The molecular weight excluding hydrogens is 458 g/mol. The molecule has 3 aliphatic rings. The lowest BCUT2D eigenvalue weighted by atomic mass is 9.66. The summed E-state index contributed by atoms with van der Waals surface area (Å²) in [5, 5.41) is 18.1. The topological polar surface area (TPSA) is 108 Å². The van der Waals surface area contributed by atoms with E-state index in [1.165, 1.54) is 4.90 Å². The number of carbonyl (C=O) groups is 3. The van der Waals surface area contributed by atoms with Crippen molar-refractivity contribution in [3.8, 4) is 0 Å². The van der Waals surface area contributed by atoms with Gasteiger partial charge in [0.05, 0.1) is 30.1 Å². The Balaban J connectivity index is 1.58. The molecule has 0 radical (unpaired) electrons. The van der Waals surface area contributed by atoms with Crippen LogP contribution < -0.4 is 10.6 Å². The summed E-state index contributed by atoms with van der Waals surface area (Å²) in [5.74, 6) is -2.41. The number of fused-ring (bicyclic) bond motifs is 2. The van der Waals surface area contributed by atoms with Gasteiger partial charge in [-0.25, -0.2) is 0 Å². The molecule has 2 aromatic rings. The Hall–Kier alpha value is -2.97. The summed E-state index contributed by atoms with van der Waals surface area (Å²) in [6, 6.07) is 12.1. The Morgan fingerprint density at radius 2 is 1.89 bits per heavy atom. The molecule has 3 amide bonds. The summed E-state index contributed by atoms with van der Waals surface area (Å²) < 4.78 is 6.59. The van der Waals surface area contributed by atoms with E-state index in [9.17, 15) is 19.5 Å². The van der Waals surface area contributed by atoms with Gasteiger partial charge < -0.3 is 25.4 Å². The normalized spacial score (nSPS) is 32.4. The Kier molecular flexibility index (Phi) is 6.08. The minimum atomic E-state index is -1.12. The summed E-state index contributed by atoms with van der Waals surface area (Å²) in [6.07, 6.45) is 1.80. The Labute approximate surface area is 211 Å². The third kappa shape index (κ3) is 3.45. The van der Waals surface area contributed by atoms with Gasteiger partial charge in [-0.2, -0.15) is 0 Å². The first-order valence-corrected chi connectivity index (χ1v) is 12.8. The molecule has 5 rings (SSSR count). The molecule has 2 aromatic carbocycles. The van der Waals surface area contributed by atoms with E-state index in [-0.39, 0.29) is 30.2 Å². The predicted molar refractivity (Wildman–Crippen MR) is 136 cm³/mol. The van der Waals surface area contributed by atoms with Gasteiger partial charge >= 0.3 is 0 Å². The van der Waals surface area contributed by atoms with E-state index < -0.39 is 35.1 Å². The maximum Gasteiger partial charge on any atom is 0.250 e. The van der Waals surface area contributed by atoms with Gasteiger partial charge in [0.15, 0.2) is 0 Å². The smallest absolute Gasteiger partial charge is 0.250 e. The van der Waals surface area contributed by atoms with Gasteiger partial charge in [-0.3, -0.25) is 14.4 Å². The number of nitrogens with one attached hydrogen (secondary N) is 2. The SMILES string of the molecule is CC[C@H](C)[C@H](CO)N1C(=O)[C@@H]2[C@@H](C(=O)NC)[C@@]3(C)CCC2(O3)C1C(=O)Nc1ccc2ccccc2c1. The minimum absolute atomic E-state index is 0.0450. The molecule has 0 saturated carbocycles. The zero-order valence-corrected chi connectivity index (χ0v) is 21.3. The number of likely N-dealkylation sites (tertiary alicyclic amines) is 1. The second-order valence-electron chi connectivity index (χ2n) is 10.8. The van der Waals surface area contributed by atoms with Crippen molar-refractivity contribution in [2.75, 3.05) is 19.0 Å². The molecule has 0 aliphatic carbocycles. The first kappa shape index (κ1) is 24.7. The maximum absolute atomic E-state index is 14.1. The van der Waals surface area contributed by atoms with Gasteiger partial charge in [0.1, 0.15) is 11.6 Å². The third-order valence-electron chi connectivity index (χ3n) is 8.85. The monoisotopic (exact) mass is 493 g/mol. The van der Waals surface area contributed by atoms with Crippen molar-refractivity contribution >= 4 is 34.2 Å². The van der Waals surface area contributed by atoms with E-state index in [2.05, 4.69) is 10.6 Å². The highest BCUT2D eigenvalue weighted by atomic mass is 16.5. The van der Waals surface area contributed by atoms with Crippen LogP contribution in [-0.2, 0) is 19.1 Å². The molecule has 3 N–H and O–H groups in total. The van der Waals surface area contributed by atoms with Crippen molar-refractivity contribution in [1.82, 2.24) is 10.2 Å². The first-order valence-electron chi connectivity index (χ1n) is 12.8. The van der Waals surface area contributed by atoms with E-state index in [1.807, 2.05) is 63.2 Å². The molecule has 0 aromatic heterocycles. The number of hydrogen-bond acceptors (Lipinski definition) is 5. The number of aliphatic hydroxyl groups excluding tert-OH is 1. The largest absolute Gasteiger partial charge is 0.394 e. The molecule has 36 heavy (non-hydrogen) atoms. The summed E-state index contributed by atoms with van der Waals surface area (Å²) in [5.41, 5.74) is -1.32. The fourth-order valence-corrected chi connectivity index (χ4v) is 6.87. The van der Waals surface area contributed by atoms with Crippen LogP contribution in [0.4, 0.5) is 5.69 Å². The number of amides is 3. The Bertz CT molecular complexity index is 1220. The van der Waals surface area contributed by atoms with Crippen molar-refractivity contribution in [1.29, 1.82) is 0 Å². The number of carbonyl (C=O) groups excluding carboxylic acids is 3. The van der Waals surface area contributed by atoms with E-state index >= 15 is 0 Å². The highest BCUT2D eigenvalue weighted by Gasteiger charge is 2.78. The first-order chi connectivity index (χ1) is 17.2. The number of benzene rings is 2. The number of anilines is 1. The molecule has 192 valence electrons. The number of ether oxygens (including phenoxy) is 1. The summed E-state index contributed by atoms with van der Waals surface area (Å²) in [4.78, 5) is 42.7. The zero-order chi connectivity index (χ0) is 25.8.